The first-order valence-corrected chi connectivity index (χ1v) is 13.5. The molecule has 0 atom stereocenters. The first kappa shape index (κ1) is 27.6. The molecule has 168 valence electrons. The van der Waals surface area contributed by atoms with Crippen LogP contribution in [0.2, 0.25) is 6.04 Å². The Balaban J connectivity index is 3.37. The Kier molecular flexibility index (Phi) is 19.6. The number of unbranched alkanes of at least 4 members (excludes halogenated alkanes) is 12. The van der Waals surface area contributed by atoms with E-state index in [2.05, 4.69) is 12.2 Å². The number of carbonyl (C=O) groups is 1. The molecule has 1 amide bonds. The number of amides is 1. The van der Waals surface area contributed by atoms with Gasteiger partial charge in [0.05, 0.1) is 0 Å². The summed E-state index contributed by atoms with van der Waals surface area (Å²) in [6.07, 6.45) is 18.7. The van der Waals surface area contributed by atoms with Crippen LogP contribution in [0.5, 0.6) is 0 Å². The molecule has 0 spiro atoms. The lowest BCUT2D eigenvalue weighted by molar-refractivity contribution is -0.121. The van der Waals surface area contributed by atoms with E-state index in [0.29, 0.717) is 13.0 Å². The van der Waals surface area contributed by atoms with E-state index in [0.717, 1.165) is 25.3 Å². The summed E-state index contributed by atoms with van der Waals surface area (Å²) in [5.74, 6) is 0.155. The predicted octanol–water partition coefficient (Wildman–Crippen LogP) is 5.85. The van der Waals surface area contributed by atoms with Gasteiger partial charge in [-0.3, -0.25) is 4.79 Å². The molecule has 0 saturated heterocycles. The zero-order valence-corrected chi connectivity index (χ0v) is 20.2. The Hall–Kier alpha value is -0.433. The van der Waals surface area contributed by atoms with Gasteiger partial charge in [0.15, 0.2) is 0 Å². The number of hydrogen-bond donors (Lipinski definition) is 1. The fourth-order valence-corrected chi connectivity index (χ4v) is 5.20. The Morgan fingerprint density at radius 1 is 0.679 bits per heavy atom. The lowest BCUT2D eigenvalue weighted by Gasteiger charge is -2.24. The smallest absolute Gasteiger partial charge is 0.377 e. The van der Waals surface area contributed by atoms with Crippen molar-refractivity contribution in [2.24, 2.45) is 0 Å². The molecule has 6 heteroatoms. The van der Waals surface area contributed by atoms with Crippen molar-refractivity contribution in [3.8, 4) is 0 Å². The molecule has 0 aliphatic heterocycles. The molecule has 0 rings (SSSR count). The maximum atomic E-state index is 11.9. The van der Waals surface area contributed by atoms with Crippen LogP contribution in [0.15, 0.2) is 0 Å². The third kappa shape index (κ3) is 15.5. The molecular formula is C22H47NO4Si. The van der Waals surface area contributed by atoms with Gasteiger partial charge in [0.2, 0.25) is 5.91 Å². The van der Waals surface area contributed by atoms with Gasteiger partial charge in [0.1, 0.15) is 0 Å². The number of hydrogen-bond acceptors (Lipinski definition) is 4. The van der Waals surface area contributed by atoms with Gasteiger partial charge in [-0.2, -0.15) is 0 Å². The molecule has 0 saturated carbocycles. The topological polar surface area (TPSA) is 56.8 Å². The van der Waals surface area contributed by atoms with Gasteiger partial charge < -0.3 is 18.6 Å². The first-order valence-electron chi connectivity index (χ1n) is 11.6. The molecule has 0 aliphatic rings. The Morgan fingerprint density at radius 3 is 1.54 bits per heavy atom. The van der Waals surface area contributed by atoms with Crippen molar-refractivity contribution in [2.45, 2.75) is 109 Å². The number of nitrogens with one attached hydrogen (secondary N) is 1. The van der Waals surface area contributed by atoms with E-state index in [9.17, 15) is 4.79 Å². The standard InChI is InChI=1S/C22H47NO4Si/c1-5-6-7-8-9-10-11-12-13-14-15-16-17-19-22(24)23-20-18-21-28(25-2,26-3)27-4/h5-21H2,1-4H3,(H,23,24). The van der Waals surface area contributed by atoms with Crippen molar-refractivity contribution < 1.29 is 18.1 Å². The second-order valence-electron chi connectivity index (χ2n) is 7.74. The molecule has 0 aromatic rings. The fraction of sp³-hybridized carbons (Fsp3) is 0.955. The van der Waals surface area contributed by atoms with E-state index >= 15 is 0 Å². The molecule has 0 unspecified atom stereocenters. The molecule has 5 nitrogen and oxygen atoms in total. The predicted molar refractivity (Wildman–Crippen MR) is 120 cm³/mol. The van der Waals surface area contributed by atoms with E-state index in [1.54, 1.807) is 21.3 Å². The Bertz CT molecular complexity index is 343. The Labute approximate surface area is 175 Å². The average Bonchev–Trinajstić information content (AvgIpc) is 2.72. The monoisotopic (exact) mass is 417 g/mol. The minimum absolute atomic E-state index is 0.155. The molecule has 0 heterocycles. The number of carbonyl (C=O) groups excluding carboxylic acids is 1. The van der Waals surface area contributed by atoms with Crippen LogP contribution in [0.25, 0.3) is 0 Å². The molecule has 1 N–H and O–H groups in total. The summed E-state index contributed by atoms with van der Waals surface area (Å²) in [7, 11) is 2.35. The van der Waals surface area contributed by atoms with Crippen LogP contribution < -0.4 is 5.32 Å². The van der Waals surface area contributed by atoms with Gasteiger partial charge in [-0.15, -0.1) is 0 Å². The molecular weight excluding hydrogens is 370 g/mol. The molecule has 0 aromatic carbocycles. The van der Waals surface area contributed by atoms with E-state index in [-0.39, 0.29) is 5.91 Å². The lowest BCUT2D eigenvalue weighted by atomic mass is 10.0. The minimum Gasteiger partial charge on any atom is -0.377 e. The molecule has 0 bridgehead atoms. The average molecular weight is 418 g/mol. The van der Waals surface area contributed by atoms with Crippen molar-refractivity contribution in [1.82, 2.24) is 5.32 Å². The summed E-state index contributed by atoms with van der Waals surface area (Å²) >= 11 is 0. The molecule has 0 radical (unpaired) electrons. The zero-order chi connectivity index (χ0) is 20.9. The number of rotatable bonds is 21. The van der Waals surface area contributed by atoms with Crippen LogP contribution in [0.1, 0.15) is 103 Å². The first-order chi connectivity index (χ1) is 13.6. The van der Waals surface area contributed by atoms with Crippen LogP contribution >= 0.6 is 0 Å². The third-order valence-electron chi connectivity index (χ3n) is 5.42. The van der Waals surface area contributed by atoms with E-state index in [1.807, 2.05) is 0 Å². The quantitative estimate of drug-likeness (QED) is 0.188. The van der Waals surface area contributed by atoms with E-state index in [4.69, 9.17) is 13.3 Å². The summed E-state index contributed by atoms with van der Waals surface area (Å²) in [6, 6.07) is 0.718. The lowest BCUT2D eigenvalue weighted by Crippen LogP contribution is -2.43. The third-order valence-corrected chi connectivity index (χ3v) is 8.25. The van der Waals surface area contributed by atoms with Crippen LogP contribution in [-0.4, -0.2) is 42.6 Å². The van der Waals surface area contributed by atoms with Crippen LogP contribution in [0, 0.1) is 0 Å². The van der Waals surface area contributed by atoms with Gasteiger partial charge in [-0.05, 0) is 12.8 Å². The van der Waals surface area contributed by atoms with Gasteiger partial charge >= 0.3 is 8.80 Å². The van der Waals surface area contributed by atoms with Crippen molar-refractivity contribution in [3.05, 3.63) is 0 Å². The normalized spacial score (nSPS) is 11.7. The van der Waals surface area contributed by atoms with E-state index < -0.39 is 8.80 Å². The molecule has 28 heavy (non-hydrogen) atoms. The maximum Gasteiger partial charge on any atom is 0.500 e. The SMILES string of the molecule is CCCCCCCCCCCCCCCC(=O)NCCC[Si](OC)(OC)OC. The van der Waals surface area contributed by atoms with Crippen LogP contribution in [0.4, 0.5) is 0 Å². The van der Waals surface area contributed by atoms with Crippen LogP contribution in [0.3, 0.4) is 0 Å². The highest BCUT2D eigenvalue weighted by Gasteiger charge is 2.36. The van der Waals surface area contributed by atoms with E-state index in [1.165, 1.54) is 70.6 Å². The second-order valence-corrected chi connectivity index (χ2v) is 10.8. The summed E-state index contributed by atoms with van der Waals surface area (Å²) in [4.78, 5) is 11.9. The summed E-state index contributed by atoms with van der Waals surface area (Å²) in [5, 5.41) is 2.99. The van der Waals surface area contributed by atoms with Gasteiger partial charge in [0.25, 0.3) is 0 Å². The van der Waals surface area contributed by atoms with Crippen molar-refractivity contribution in [3.63, 3.8) is 0 Å². The summed E-state index contributed by atoms with van der Waals surface area (Å²) in [6.45, 7) is 2.93. The van der Waals surface area contributed by atoms with Gasteiger partial charge in [-0.1, -0.05) is 84.0 Å². The molecule has 0 fully saturated rings. The maximum absolute atomic E-state index is 11.9. The largest absolute Gasteiger partial charge is 0.500 e. The highest BCUT2D eigenvalue weighted by Crippen LogP contribution is 2.15. The van der Waals surface area contributed by atoms with Crippen molar-refractivity contribution in [1.29, 1.82) is 0 Å². The fourth-order valence-electron chi connectivity index (χ4n) is 3.48. The molecule has 0 aliphatic carbocycles. The van der Waals surface area contributed by atoms with Crippen LogP contribution in [-0.2, 0) is 18.1 Å². The molecule has 0 aromatic heterocycles. The van der Waals surface area contributed by atoms with Gasteiger partial charge in [-0.25, -0.2) is 0 Å². The van der Waals surface area contributed by atoms with Crippen molar-refractivity contribution in [2.75, 3.05) is 27.9 Å². The minimum atomic E-state index is -2.50. The highest BCUT2D eigenvalue weighted by atomic mass is 28.4. The summed E-state index contributed by atoms with van der Waals surface area (Å²) < 4.78 is 16.1. The Morgan fingerprint density at radius 2 is 1.11 bits per heavy atom. The highest BCUT2D eigenvalue weighted by molar-refractivity contribution is 6.60. The van der Waals surface area contributed by atoms with Gasteiger partial charge in [0, 0.05) is 40.3 Å². The zero-order valence-electron chi connectivity index (χ0n) is 19.2. The summed E-state index contributed by atoms with van der Waals surface area (Å²) in [5.41, 5.74) is 0. The van der Waals surface area contributed by atoms with Crippen molar-refractivity contribution >= 4 is 14.7 Å². The second kappa shape index (κ2) is 19.9.